The van der Waals surface area contributed by atoms with Crippen LogP contribution in [0.3, 0.4) is 0 Å². The lowest BCUT2D eigenvalue weighted by atomic mass is 10.1. The molecule has 0 aliphatic heterocycles. The van der Waals surface area contributed by atoms with E-state index in [2.05, 4.69) is 29.0 Å². The summed E-state index contributed by atoms with van der Waals surface area (Å²) in [5.74, 6) is 0.360. The highest BCUT2D eigenvalue weighted by Crippen LogP contribution is 2.13. The lowest BCUT2D eigenvalue weighted by Gasteiger charge is -2.04. The largest absolute Gasteiger partial charge is 0.273 e. The minimum atomic E-state index is -0.190. The van der Waals surface area contributed by atoms with Crippen LogP contribution in [0.5, 0.6) is 0 Å². The van der Waals surface area contributed by atoms with Crippen molar-refractivity contribution < 1.29 is 0 Å². The molecule has 4 heteroatoms. The van der Waals surface area contributed by atoms with Crippen LogP contribution in [-0.2, 0) is 0 Å². The van der Waals surface area contributed by atoms with E-state index in [-0.39, 0.29) is 5.56 Å². The van der Waals surface area contributed by atoms with E-state index in [0.29, 0.717) is 16.8 Å². The molecule has 0 atom stereocenters. The van der Waals surface area contributed by atoms with Gasteiger partial charge in [0.15, 0.2) is 0 Å². The molecule has 0 radical (unpaired) electrons. The van der Waals surface area contributed by atoms with Crippen molar-refractivity contribution in [3.05, 3.63) is 34.4 Å². The highest BCUT2D eigenvalue weighted by atomic mass is 16.1. The number of fused-ring (bicyclic) bond motifs is 1. The molecule has 2 heterocycles. The first kappa shape index (κ1) is 8.87. The number of H-pyrrole nitrogens is 1. The fraction of sp³-hybridized carbons (Fsp3) is 0.300. The summed E-state index contributed by atoms with van der Waals surface area (Å²) in [5, 5.41) is 6.68. The Hall–Kier alpha value is -1.71. The SMILES string of the molecule is CC(C)c1ccc2c(=O)[nH]ncc2n1. The van der Waals surface area contributed by atoms with Crippen molar-refractivity contribution in [1.29, 1.82) is 0 Å². The number of pyridine rings is 1. The molecule has 2 rings (SSSR count). The minimum absolute atomic E-state index is 0.190. The van der Waals surface area contributed by atoms with Gasteiger partial charge in [0.2, 0.25) is 0 Å². The van der Waals surface area contributed by atoms with E-state index in [9.17, 15) is 4.79 Å². The number of aromatic amines is 1. The third-order valence-electron chi connectivity index (χ3n) is 2.14. The van der Waals surface area contributed by atoms with E-state index in [4.69, 9.17) is 0 Å². The summed E-state index contributed by atoms with van der Waals surface area (Å²) >= 11 is 0. The molecule has 4 nitrogen and oxygen atoms in total. The molecule has 72 valence electrons. The van der Waals surface area contributed by atoms with E-state index in [1.54, 1.807) is 12.3 Å². The smallest absolute Gasteiger partial charge is 0.267 e. The number of nitrogens with zero attached hydrogens (tertiary/aromatic N) is 2. The molecule has 0 spiro atoms. The summed E-state index contributed by atoms with van der Waals surface area (Å²) in [4.78, 5) is 15.7. The predicted molar refractivity (Wildman–Crippen MR) is 54.2 cm³/mol. The standard InChI is InChI=1S/C10H11N3O/c1-6(2)8-4-3-7-9(12-8)5-11-13-10(7)14/h3-6H,1-2H3,(H,13,14). The summed E-state index contributed by atoms with van der Waals surface area (Å²) < 4.78 is 0. The normalized spacial score (nSPS) is 11.1. The van der Waals surface area contributed by atoms with Crippen molar-refractivity contribution in [3.8, 4) is 0 Å². The zero-order valence-electron chi connectivity index (χ0n) is 8.11. The second kappa shape index (κ2) is 3.21. The van der Waals surface area contributed by atoms with Crippen LogP contribution < -0.4 is 5.56 Å². The average Bonchev–Trinajstić information content (AvgIpc) is 2.17. The van der Waals surface area contributed by atoms with E-state index >= 15 is 0 Å². The maximum Gasteiger partial charge on any atom is 0.273 e. The van der Waals surface area contributed by atoms with Crippen LogP contribution in [0.4, 0.5) is 0 Å². The van der Waals surface area contributed by atoms with Crippen LogP contribution in [0.25, 0.3) is 10.9 Å². The Bertz CT molecular complexity index is 516. The van der Waals surface area contributed by atoms with Gasteiger partial charge in [0.05, 0.1) is 17.1 Å². The van der Waals surface area contributed by atoms with Crippen LogP contribution in [-0.4, -0.2) is 15.2 Å². The van der Waals surface area contributed by atoms with Gasteiger partial charge in [-0.25, -0.2) is 5.10 Å². The average molecular weight is 189 g/mol. The molecule has 0 aliphatic carbocycles. The molecule has 0 aromatic carbocycles. The minimum Gasteiger partial charge on any atom is -0.267 e. The van der Waals surface area contributed by atoms with Gasteiger partial charge in [-0.1, -0.05) is 13.8 Å². The first-order valence-corrected chi connectivity index (χ1v) is 4.53. The third kappa shape index (κ3) is 1.39. The molecule has 0 fully saturated rings. The van der Waals surface area contributed by atoms with Crippen LogP contribution >= 0.6 is 0 Å². The van der Waals surface area contributed by atoms with Crippen LogP contribution in [0.1, 0.15) is 25.5 Å². The molecule has 14 heavy (non-hydrogen) atoms. The first-order chi connectivity index (χ1) is 6.68. The maximum atomic E-state index is 11.3. The summed E-state index contributed by atoms with van der Waals surface area (Å²) in [5.41, 5.74) is 1.44. The van der Waals surface area contributed by atoms with Crippen molar-refractivity contribution in [3.63, 3.8) is 0 Å². The Morgan fingerprint density at radius 2 is 2.14 bits per heavy atom. The van der Waals surface area contributed by atoms with Gasteiger partial charge in [0.1, 0.15) is 0 Å². The van der Waals surface area contributed by atoms with Crippen LogP contribution in [0, 0.1) is 0 Å². The first-order valence-electron chi connectivity index (χ1n) is 4.53. The molecule has 0 saturated heterocycles. The van der Waals surface area contributed by atoms with Crippen LogP contribution in [0.2, 0.25) is 0 Å². The number of rotatable bonds is 1. The second-order valence-electron chi connectivity index (χ2n) is 3.52. The van der Waals surface area contributed by atoms with Crippen molar-refractivity contribution in [2.24, 2.45) is 0 Å². The second-order valence-corrected chi connectivity index (χ2v) is 3.52. The zero-order valence-corrected chi connectivity index (χ0v) is 8.11. The highest BCUT2D eigenvalue weighted by Gasteiger charge is 2.04. The number of nitrogens with one attached hydrogen (secondary N) is 1. The third-order valence-corrected chi connectivity index (χ3v) is 2.14. The quantitative estimate of drug-likeness (QED) is 0.738. The Balaban J connectivity index is 2.74. The Morgan fingerprint density at radius 3 is 2.86 bits per heavy atom. The molecule has 0 bridgehead atoms. The lowest BCUT2D eigenvalue weighted by molar-refractivity contribution is 0.828. The molecule has 2 aromatic rings. The number of aromatic nitrogens is 3. The Labute approximate surface area is 81.0 Å². The van der Waals surface area contributed by atoms with Gasteiger partial charge in [-0.05, 0) is 18.1 Å². The van der Waals surface area contributed by atoms with E-state index in [1.807, 2.05) is 6.07 Å². The molecule has 0 amide bonds. The monoisotopic (exact) mass is 189 g/mol. The van der Waals surface area contributed by atoms with Gasteiger partial charge < -0.3 is 0 Å². The fourth-order valence-electron chi connectivity index (χ4n) is 1.31. The van der Waals surface area contributed by atoms with Gasteiger partial charge in [0.25, 0.3) is 5.56 Å². The summed E-state index contributed by atoms with van der Waals surface area (Å²) in [6.07, 6.45) is 1.57. The molecule has 0 saturated carbocycles. The molecule has 0 aliphatic rings. The number of hydrogen-bond acceptors (Lipinski definition) is 3. The molecular weight excluding hydrogens is 178 g/mol. The van der Waals surface area contributed by atoms with Gasteiger partial charge in [-0.15, -0.1) is 0 Å². The van der Waals surface area contributed by atoms with Crippen molar-refractivity contribution in [1.82, 2.24) is 15.2 Å². The molecule has 0 unspecified atom stereocenters. The highest BCUT2D eigenvalue weighted by molar-refractivity contribution is 5.76. The maximum absolute atomic E-state index is 11.3. The summed E-state index contributed by atoms with van der Waals surface area (Å²) in [7, 11) is 0. The van der Waals surface area contributed by atoms with Gasteiger partial charge >= 0.3 is 0 Å². The van der Waals surface area contributed by atoms with Crippen molar-refractivity contribution in [2.75, 3.05) is 0 Å². The summed E-state index contributed by atoms with van der Waals surface area (Å²) in [6, 6.07) is 3.67. The molecule has 1 N–H and O–H groups in total. The summed E-state index contributed by atoms with van der Waals surface area (Å²) in [6.45, 7) is 4.13. The predicted octanol–water partition coefficient (Wildman–Crippen LogP) is 1.44. The zero-order chi connectivity index (χ0) is 10.1. The van der Waals surface area contributed by atoms with Gasteiger partial charge in [-0.3, -0.25) is 9.78 Å². The van der Waals surface area contributed by atoms with Gasteiger partial charge in [0, 0.05) is 5.69 Å². The van der Waals surface area contributed by atoms with Crippen molar-refractivity contribution in [2.45, 2.75) is 19.8 Å². The van der Waals surface area contributed by atoms with Gasteiger partial charge in [-0.2, -0.15) is 5.10 Å². The lowest BCUT2D eigenvalue weighted by Crippen LogP contribution is -2.08. The topological polar surface area (TPSA) is 58.6 Å². The fourth-order valence-corrected chi connectivity index (χ4v) is 1.31. The Morgan fingerprint density at radius 1 is 1.36 bits per heavy atom. The van der Waals surface area contributed by atoms with Crippen molar-refractivity contribution >= 4 is 10.9 Å². The van der Waals surface area contributed by atoms with E-state index in [1.165, 1.54) is 0 Å². The van der Waals surface area contributed by atoms with E-state index in [0.717, 1.165) is 5.69 Å². The molecule has 2 aromatic heterocycles. The molecular formula is C10H11N3O. The van der Waals surface area contributed by atoms with E-state index < -0.39 is 0 Å². The van der Waals surface area contributed by atoms with Crippen LogP contribution in [0.15, 0.2) is 23.1 Å². The number of hydrogen-bond donors (Lipinski definition) is 1. The Kier molecular flexibility index (Phi) is 2.04.